The van der Waals surface area contributed by atoms with Gasteiger partial charge in [0, 0.05) is 4.90 Å². The van der Waals surface area contributed by atoms with E-state index in [-0.39, 0.29) is 11.1 Å². The lowest BCUT2D eigenvalue weighted by Crippen LogP contribution is -2.51. The summed E-state index contributed by atoms with van der Waals surface area (Å²) >= 11 is 1.31. The van der Waals surface area contributed by atoms with Crippen LogP contribution < -0.4 is 5.32 Å². The molecule has 7 heteroatoms. The largest absolute Gasteiger partial charge is 0.423 e. The van der Waals surface area contributed by atoms with Crippen LogP contribution in [0.5, 0.6) is 0 Å². The maximum atomic E-state index is 13.4. The summed E-state index contributed by atoms with van der Waals surface area (Å²) in [6.07, 6.45) is -3.16. The third-order valence-electron chi connectivity index (χ3n) is 3.58. The van der Waals surface area contributed by atoms with Gasteiger partial charge in [-0.3, -0.25) is 4.79 Å². The van der Waals surface area contributed by atoms with Crippen molar-refractivity contribution in [3.05, 3.63) is 65.7 Å². The molecule has 2 N–H and O–H groups in total. The van der Waals surface area contributed by atoms with Gasteiger partial charge in [-0.15, -0.1) is 11.8 Å². The summed E-state index contributed by atoms with van der Waals surface area (Å²) in [5, 5.41) is 12.4. The van der Waals surface area contributed by atoms with Gasteiger partial charge in [-0.25, -0.2) is 0 Å². The number of benzene rings is 2. The van der Waals surface area contributed by atoms with Gasteiger partial charge in [-0.05, 0) is 24.0 Å². The Hall–Kier alpha value is -1.99. The van der Waals surface area contributed by atoms with E-state index in [0.717, 1.165) is 0 Å². The number of hydrogen-bond acceptors (Lipinski definition) is 3. The van der Waals surface area contributed by atoms with Crippen molar-refractivity contribution in [2.75, 3.05) is 12.8 Å². The zero-order chi connectivity index (χ0) is 17.8. The van der Waals surface area contributed by atoms with E-state index in [0.29, 0.717) is 4.90 Å². The van der Waals surface area contributed by atoms with Crippen molar-refractivity contribution in [1.82, 2.24) is 5.32 Å². The standard InChI is InChI=1S/C17H16F3NO2S/c1-24-14-10-6-5-9-13(14)15(22)21-11-16(23,17(18,19)20)12-7-3-2-4-8-12/h2-10,23H,11H2,1H3,(H,21,22)/t16-/m1/s1. The third kappa shape index (κ3) is 3.73. The van der Waals surface area contributed by atoms with Crippen LogP contribution in [-0.4, -0.2) is 30.0 Å². The van der Waals surface area contributed by atoms with Crippen molar-refractivity contribution >= 4 is 17.7 Å². The van der Waals surface area contributed by atoms with Crippen molar-refractivity contribution < 1.29 is 23.1 Å². The van der Waals surface area contributed by atoms with Crippen LogP contribution in [0, 0.1) is 0 Å². The van der Waals surface area contributed by atoms with Gasteiger partial charge in [0.1, 0.15) is 0 Å². The molecule has 2 aromatic rings. The maximum absolute atomic E-state index is 13.4. The lowest BCUT2D eigenvalue weighted by atomic mass is 9.93. The fraction of sp³-hybridized carbons (Fsp3) is 0.235. The summed E-state index contributed by atoms with van der Waals surface area (Å²) in [6, 6.07) is 13.3. The zero-order valence-electron chi connectivity index (χ0n) is 12.8. The molecule has 0 radical (unpaired) electrons. The molecule has 0 aliphatic carbocycles. The predicted molar refractivity (Wildman–Crippen MR) is 87.0 cm³/mol. The molecule has 0 heterocycles. The van der Waals surface area contributed by atoms with Crippen molar-refractivity contribution in [2.45, 2.75) is 16.7 Å². The molecule has 0 saturated heterocycles. The van der Waals surface area contributed by atoms with Crippen LogP contribution in [0.25, 0.3) is 0 Å². The highest BCUT2D eigenvalue weighted by Crippen LogP contribution is 2.38. The number of nitrogens with one attached hydrogen (secondary N) is 1. The molecule has 24 heavy (non-hydrogen) atoms. The number of carbonyl (C=O) groups is 1. The summed E-state index contributed by atoms with van der Waals surface area (Å²) < 4.78 is 40.1. The van der Waals surface area contributed by atoms with Crippen molar-refractivity contribution in [1.29, 1.82) is 0 Å². The second kappa shape index (κ2) is 7.27. The van der Waals surface area contributed by atoms with Gasteiger partial charge in [-0.1, -0.05) is 42.5 Å². The predicted octanol–water partition coefficient (Wildman–Crippen LogP) is 3.59. The van der Waals surface area contributed by atoms with Gasteiger partial charge in [0.2, 0.25) is 5.60 Å². The van der Waals surface area contributed by atoms with E-state index in [4.69, 9.17) is 0 Å². The SMILES string of the molecule is CSc1ccccc1C(=O)NC[C@@](O)(c1ccccc1)C(F)(F)F. The molecule has 128 valence electrons. The van der Waals surface area contributed by atoms with E-state index in [1.807, 2.05) is 0 Å². The number of carbonyl (C=O) groups excluding carboxylic acids is 1. The first-order valence-electron chi connectivity index (χ1n) is 7.05. The molecule has 0 aromatic heterocycles. The van der Waals surface area contributed by atoms with Crippen LogP contribution in [0.15, 0.2) is 59.5 Å². The second-order valence-electron chi connectivity index (χ2n) is 5.11. The average molecular weight is 355 g/mol. The summed E-state index contributed by atoms with van der Waals surface area (Å²) in [6.45, 7) is -0.970. The highest BCUT2D eigenvalue weighted by atomic mass is 32.2. The van der Waals surface area contributed by atoms with E-state index < -0.39 is 24.2 Å². The summed E-state index contributed by atoms with van der Waals surface area (Å²) in [5.74, 6) is -0.668. The molecule has 3 nitrogen and oxygen atoms in total. The molecule has 0 fully saturated rings. The van der Waals surface area contributed by atoms with E-state index in [1.54, 1.807) is 30.5 Å². The van der Waals surface area contributed by atoms with Crippen molar-refractivity contribution in [3.63, 3.8) is 0 Å². The molecule has 0 bridgehead atoms. The minimum Gasteiger partial charge on any atom is -0.375 e. The average Bonchev–Trinajstić information content (AvgIpc) is 2.59. The van der Waals surface area contributed by atoms with E-state index in [9.17, 15) is 23.1 Å². The quantitative estimate of drug-likeness (QED) is 0.806. The molecule has 1 amide bonds. The molecule has 0 aliphatic heterocycles. The maximum Gasteiger partial charge on any atom is 0.423 e. The number of amides is 1. The smallest absolute Gasteiger partial charge is 0.375 e. The lowest BCUT2D eigenvalue weighted by molar-refractivity contribution is -0.263. The Kier molecular flexibility index (Phi) is 5.56. The zero-order valence-corrected chi connectivity index (χ0v) is 13.6. The third-order valence-corrected chi connectivity index (χ3v) is 4.37. The molecule has 0 unspecified atom stereocenters. The van der Waals surface area contributed by atoms with E-state index >= 15 is 0 Å². The van der Waals surface area contributed by atoms with Gasteiger partial charge in [-0.2, -0.15) is 13.2 Å². The molecule has 2 aromatic carbocycles. The van der Waals surface area contributed by atoms with E-state index in [1.165, 1.54) is 42.1 Å². The van der Waals surface area contributed by atoms with Crippen LogP contribution >= 0.6 is 11.8 Å². The highest BCUT2D eigenvalue weighted by molar-refractivity contribution is 7.98. The summed E-state index contributed by atoms with van der Waals surface area (Å²) in [7, 11) is 0. The summed E-state index contributed by atoms with van der Waals surface area (Å²) in [5.41, 5.74) is -3.21. The Balaban J connectivity index is 2.25. The molecule has 0 aliphatic rings. The molecule has 2 rings (SSSR count). The molecular weight excluding hydrogens is 339 g/mol. The lowest BCUT2D eigenvalue weighted by Gasteiger charge is -2.31. The molecule has 1 atom stereocenters. The van der Waals surface area contributed by atoms with Crippen LogP contribution in [0.2, 0.25) is 0 Å². The van der Waals surface area contributed by atoms with Gasteiger partial charge in [0.05, 0.1) is 12.1 Å². The Bertz CT molecular complexity index is 706. The topological polar surface area (TPSA) is 49.3 Å². The Morgan fingerprint density at radius 3 is 2.25 bits per heavy atom. The minimum absolute atomic E-state index is 0.266. The highest BCUT2D eigenvalue weighted by Gasteiger charge is 2.55. The van der Waals surface area contributed by atoms with Crippen LogP contribution in [0.3, 0.4) is 0 Å². The monoisotopic (exact) mass is 355 g/mol. The first-order chi connectivity index (χ1) is 11.3. The first kappa shape index (κ1) is 18.4. The fourth-order valence-corrected chi connectivity index (χ4v) is 2.81. The Labute approximate surface area is 141 Å². The van der Waals surface area contributed by atoms with Crippen molar-refractivity contribution in [3.8, 4) is 0 Å². The molecule has 0 spiro atoms. The summed E-state index contributed by atoms with van der Waals surface area (Å²) in [4.78, 5) is 12.9. The van der Waals surface area contributed by atoms with Crippen LogP contribution in [-0.2, 0) is 5.60 Å². The number of hydrogen-bond donors (Lipinski definition) is 2. The normalized spacial score (nSPS) is 14.0. The first-order valence-corrected chi connectivity index (χ1v) is 8.28. The Morgan fingerprint density at radius 1 is 1.08 bits per heavy atom. The number of rotatable bonds is 5. The molecular formula is C17H16F3NO2S. The van der Waals surface area contributed by atoms with E-state index in [2.05, 4.69) is 5.32 Å². The number of aliphatic hydroxyl groups is 1. The van der Waals surface area contributed by atoms with Crippen molar-refractivity contribution in [2.24, 2.45) is 0 Å². The van der Waals surface area contributed by atoms with Gasteiger partial charge >= 0.3 is 6.18 Å². The van der Waals surface area contributed by atoms with Crippen LogP contribution in [0.1, 0.15) is 15.9 Å². The van der Waals surface area contributed by atoms with Gasteiger partial charge in [0.25, 0.3) is 5.91 Å². The molecule has 0 saturated carbocycles. The number of halogens is 3. The van der Waals surface area contributed by atoms with Crippen LogP contribution in [0.4, 0.5) is 13.2 Å². The second-order valence-corrected chi connectivity index (χ2v) is 5.96. The Morgan fingerprint density at radius 2 is 1.67 bits per heavy atom. The number of alkyl halides is 3. The van der Waals surface area contributed by atoms with Gasteiger partial charge in [0.15, 0.2) is 0 Å². The fourth-order valence-electron chi connectivity index (χ4n) is 2.22. The van der Waals surface area contributed by atoms with Gasteiger partial charge < -0.3 is 10.4 Å². The minimum atomic E-state index is -4.93. The number of thioether (sulfide) groups is 1.